The molecular formula is C26H24N2O6. The maximum Gasteiger partial charge on any atom is 0.311 e. The van der Waals surface area contributed by atoms with E-state index in [9.17, 15) is 14.4 Å². The van der Waals surface area contributed by atoms with Crippen LogP contribution in [0.2, 0.25) is 0 Å². The first-order valence-corrected chi connectivity index (χ1v) is 10.7. The molecule has 0 radical (unpaired) electrons. The zero-order valence-corrected chi connectivity index (χ0v) is 18.7. The van der Waals surface area contributed by atoms with Crippen molar-refractivity contribution < 1.29 is 28.6 Å². The van der Waals surface area contributed by atoms with Crippen LogP contribution in [-0.4, -0.2) is 31.0 Å². The summed E-state index contributed by atoms with van der Waals surface area (Å²) in [5.41, 5.74) is 2.39. The van der Waals surface area contributed by atoms with Gasteiger partial charge in [-0.05, 0) is 36.8 Å². The van der Waals surface area contributed by atoms with Crippen LogP contribution in [0.5, 0.6) is 11.5 Å². The van der Waals surface area contributed by atoms with Crippen molar-refractivity contribution in [3.63, 3.8) is 0 Å². The van der Waals surface area contributed by atoms with E-state index in [-0.39, 0.29) is 6.42 Å². The van der Waals surface area contributed by atoms with Crippen LogP contribution < -0.4 is 20.1 Å². The zero-order chi connectivity index (χ0) is 24.1. The summed E-state index contributed by atoms with van der Waals surface area (Å²) in [4.78, 5) is 38.4. The Morgan fingerprint density at radius 3 is 2.56 bits per heavy atom. The van der Waals surface area contributed by atoms with Crippen LogP contribution in [0.3, 0.4) is 0 Å². The standard InChI is InChI=1S/C26H24N2O6/c1-16-12-13-20(32-2)19(14-16)28-26(31)24(17-8-4-3-5-9-17)34-23(29)15-22-25(30)27-18-10-6-7-11-21(18)33-22/h3-14,22,24H,15H2,1-2H3,(H,27,30)(H,28,31)/t22-,24+/m0/s1. The molecule has 0 fully saturated rings. The fraction of sp³-hybridized carbons (Fsp3) is 0.192. The van der Waals surface area contributed by atoms with Gasteiger partial charge in [-0.1, -0.05) is 48.5 Å². The Kier molecular flexibility index (Phi) is 6.77. The van der Waals surface area contributed by atoms with Crippen molar-refractivity contribution in [1.82, 2.24) is 0 Å². The lowest BCUT2D eigenvalue weighted by molar-refractivity contribution is -0.157. The number of hydrogen-bond acceptors (Lipinski definition) is 6. The second kappa shape index (κ2) is 10.1. The smallest absolute Gasteiger partial charge is 0.311 e. The summed E-state index contributed by atoms with van der Waals surface area (Å²) < 4.78 is 16.6. The molecule has 4 rings (SSSR count). The number of ether oxygens (including phenoxy) is 3. The van der Waals surface area contributed by atoms with Crippen LogP contribution in [0, 0.1) is 6.92 Å². The number of para-hydroxylation sites is 2. The van der Waals surface area contributed by atoms with E-state index in [1.54, 1.807) is 66.7 Å². The van der Waals surface area contributed by atoms with E-state index in [4.69, 9.17) is 14.2 Å². The molecule has 3 aromatic carbocycles. The first-order chi connectivity index (χ1) is 16.4. The highest BCUT2D eigenvalue weighted by molar-refractivity contribution is 6.00. The third-order valence-corrected chi connectivity index (χ3v) is 5.26. The average molecular weight is 460 g/mol. The van der Waals surface area contributed by atoms with Crippen molar-refractivity contribution in [3.8, 4) is 11.5 Å². The van der Waals surface area contributed by atoms with Gasteiger partial charge in [0.15, 0.2) is 6.10 Å². The quantitative estimate of drug-likeness (QED) is 0.517. The van der Waals surface area contributed by atoms with Gasteiger partial charge in [0.25, 0.3) is 11.8 Å². The van der Waals surface area contributed by atoms with Crippen LogP contribution in [0.15, 0.2) is 72.8 Å². The summed E-state index contributed by atoms with van der Waals surface area (Å²) >= 11 is 0. The summed E-state index contributed by atoms with van der Waals surface area (Å²) in [5.74, 6) is -0.824. The van der Waals surface area contributed by atoms with E-state index in [2.05, 4.69) is 10.6 Å². The largest absolute Gasteiger partial charge is 0.495 e. The van der Waals surface area contributed by atoms with Crippen LogP contribution in [0.1, 0.15) is 23.7 Å². The molecule has 0 saturated heterocycles. The molecule has 8 heteroatoms. The highest BCUT2D eigenvalue weighted by Crippen LogP contribution is 2.31. The Balaban J connectivity index is 1.51. The van der Waals surface area contributed by atoms with Crippen molar-refractivity contribution >= 4 is 29.2 Å². The van der Waals surface area contributed by atoms with Gasteiger partial charge < -0.3 is 24.8 Å². The molecule has 8 nitrogen and oxygen atoms in total. The van der Waals surface area contributed by atoms with Gasteiger partial charge in [-0.3, -0.25) is 14.4 Å². The lowest BCUT2D eigenvalue weighted by atomic mass is 10.1. The first-order valence-electron chi connectivity index (χ1n) is 10.7. The van der Waals surface area contributed by atoms with Crippen molar-refractivity contribution in [2.24, 2.45) is 0 Å². The van der Waals surface area contributed by atoms with E-state index in [0.29, 0.717) is 28.4 Å². The van der Waals surface area contributed by atoms with Gasteiger partial charge in [-0.2, -0.15) is 0 Å². The number of hydrogen-bond donors (Lipinski definition) is 2. The van der Waals surface area contributed by atoms with Crippen LogP contribution in [0.25, 0.3) is 0 Å². The second-order valence-electron chi connectivity index (χ2n) is 7.77. The molecule has 0 saturated carbocycles. The predicted octanol–water partition coefficient (Wildman–Crippen LogP) is 4.02. The monoisotopic (exact) mass is 460 g/mol. The highest BCUT2D eigenvalue weighted by atomic mass is 16.6. The molecule has 0 aromatic heterocycles. The number of amides is 2. The number of fused-ring (bicyclic) bond motifs is 1. The van der Waals surface area contributed by atoms with E-state index in [0.717, 1.165) is 5.56 Å². The molecular weight excluding hydrogens is 436 g/mol. The average Bonchev–Trinajstić information content (AvgIpc) is 2.83. The van der Waals surface area contributed by atoms with Gasteiger partial charge in [-0.25, -0.2) is 0 Å². The Morgan fingerprint density at radius 2 is 1.79 bits per heavy atom. The number of benzene rings is 3. The number of carbonyl (C=O) groups excluding carboxylic acids is 3. The van der Waals surface area contributed by atoms with Crippen molar-refractivity contribution in [2.45, 2.75) is 25.6 Å². The zero-order valence-electron chi connectivity index (χ0n) is 18.7. The SMILES string of the molecule is COc1ccc(C)cc1NC(=O)[C@H](OC(=O)C[C@@H]1Oc2ccccc2NC1=O)c1ccccc1. The number of carbonyl (C=O) groups is 3. The van der Waals surface area contributed by atoms with Crippen LogP contribution in [-0.2, 0) is 19.1 Å². The van der Waals surface area contributed by atoms with Gasteiger partial charge in [0, 0.05) is 5.56 Å². The molecule has 0 bridgehead atoms. The number of esters is 1. The fourth-order valence-corrected chi connectivity index (χ4v) is 3.58. The fourth-order valence-electron chi connectivity index (χ4n) is 3.58. The van der Waals surface area contributed by atoms with E-state index in [1.807, 2.05) is 13.0 Å². The van der Waals surface area contributed by atoms with E-state index >= 15 is 0 Å². The molecule has 2 atom stereocenters. The van der Waals surface area contributed by atoms with Crippen molar-refractivity contribution in [1.29, 1.82) is 0 Å². The number of nitrogens with one attached hydrogen (secondary N) is 2. The minimum atomic E-state index is -1.24. The maximum absolute atomic E-state index is 13.2. The summed E-state index contributed by atoms with van der Waals surface area (Å²) in [5, 5.41) is 5.49. The van der Waals surface area contributed by atoms with Crippen LogP contribution >= 0.6 is 0 Å². The minimum absolute atomic E-state index is 0.357. The molecule has 2 amide bonds. The second-order valence-corrected chi connectivity index (χ2v) is 7.77. The van der Waals surface area contributed by atoms with Gasteiger partial charge in [0.1, 0.15) is 11.5 Å². The molecule has 1 aliphatic rings. The number of aryl methyl sites for hydroxylation is 1. The van der Waals surface area contributed by atoms with Gasteiger partial charge in [-0.15, -0.1) is 0 Å². The third kappa shape index (κ3) is 5.17. The topological polar surface area (TPSA) is 103 Å². The Hall–Kier alpha value is -4.33. The lowest BCUT2D eigenvalue weighted by Gasteiger charge is -2.26. The molecule has 1 heterocycles. The van der Waals surface area contributed by atoms with Gasteiger partial charge in [0.05, 0.1) is 24.9 Å². The van der Waals surface area contributed by atoms with E-state index in [1.165, 1.54) is 7.11 Å². The summed E-state index contributed by atoms with van der Waals surface area (Å²) in [6.45, 7) is 1.89. The maximum atomic E-state index is 13.2. The Labute approximate surface area is 196 Å². The molecule has 1 aliphatic heterocycles. The number of methoxy groups -OCH3 is 1. The summed E-state index contributed by atoms with van der Waals surface area (Å²) in [7, 11) is 1.50. The van der Waals surface area contributed by atoms with Gasteiger partial charge >= 0.3 is 5.97 Å². The molecule has 0 unspecified atom stereocenters. The first kappa shape index (κ1) is 22.8. The Bertz CT molecular complexity index is 1210. The van der Waals surface area contributed by atoms with E-state index < -0.39 is 30.0 Å². The normalized spacial score (nSPS) is 15.2. The molecule has 34 heavy (non-hydrogen) atoms. The molecule has 0 aliphatic carbocycles. The highest BCUT2D eigenvalue weighted by Gasteiger charge is 2.33. The molecule has 174 valence electrons. The third-order valence-electron chi connectivity index (χ3n) is 5.26. The van der Waals surface area contributed by atoms with Crippen molar-refractivity contribution in [3.05, 3.63) is 83.9 Å². The predicted molar refractivity (Wildman–Crippen MR) is 126 cm³/mol. The minimum Gasteiger partial charge on any atom is -0.495 e. The number of anilines is 2. The molecule has 3 aromatic rings. The van der Waals surface area contributed by atoms with Crippen LogP contribution in [0.4, 0.5) is 11.4 Å². The number of rotatable bonds is 7. The van der Waals surface area contributed by atoms with Gasteiger partial charge in [0.2, 0.25) is 6.10 Å². The van der Waals surface area contributed by atoms with Crippen molar-refractivity contribution in [2.75, 3.05) is 17.7 Å². The molecule has 2 N–H and O–H groups in total. The Morgan fingerprint density at radius 1 is 1.06 bits per heavy atom. The molecule has 0 spiro atoms. The lowest BCUT2D eigenvalue weighted by Crippen LogP contribution is -2.39. The summed E-state index contributed by atoms with van der Waals surface area (Å²) in [6.07, 6.45) is -2.67. The summed E-state index contributed by atoms with van der Waals surface area (Å²) in [6, 6.07) is 20.9.